The van der Waals surface area contributed by atoms with Gasteiger partial charge in [0, 0.05) is 24.9 Å². The van der Waals surface area contributed by atoms with Gasteiger partial charge in [0.05, 0.1) is 25.6 Å². The summed E-state index contributed by atoms with van der Waals surface area (Å²) in [6.45, 7) is 4.25. The van der Waals surface area contributed by atoms with Crippen molar-refractivity contribution in [2.75, 3.05) is 20.3 Å². The molecule has 0 saturated heterocycles. The first kappa shape index (κ1) is 14.8. The molecule has 1 heterocycles. The van der Waals surface area contributed by atoms with Gasteiger partial charge in [-0.05, 0) is 6.42 Å². The number of nitrogens with zero attached hydrogens (tertiary/aromatic N) is 2. The third kappa shape index (κ3) is 3.94. The first-order valence-electron chi connectivity index (χ1n) is 6.68. The molecule has 1 saturated carbocycles. The molecule has 6 heteroatoms. The van der Waals surface area contributed by atoms with Crippen LogP contribution in [0, 0.1) is 0 Å². The Labute approximate surface area is 122 Å². The fourth-order valence-electron chi connectivity index (χ4n) is 2.05. The summed E-state index contributed by atoms with van der Waals surface area (Å²) >= 11 is 3.60. The molecule has 0 aliphatic heterocycles. The maximum Gasteiger partial charge on any atom is 0.157 e. The molecular weight excluding hydrogens is 312 g/mol. The summed E-state index contributed by atoms with van der Waals surface area (Å²) in [7, 11) is 1.67. The zero-order valence-corrected chi connectivity index (χ0v) is 13.0. The smallest absolute Gasteiger partial charge is 0.157 e. The van der Waals surface area contributed by atoms with Gasteiger partial charge in [-0.2, -0.15) is 5.10 Å². The average molecular weight is 333 g/mol. The number of aromatic nitrogens is 2. The Kier molecular flexibility index (Phi) is 5.66. The second-order valence-corrected chi connectivity index (χ2v) is 5.85. The summed E-state index contributed by atoms with van der Waals surface area (Å²) in [5.41, 5.74) is 0. The molecule has 0 spiro atoms. The Morgan fingerprint density at radius 3 is 3.00 bits per heavy atom. The van der Waals surface area contributed by atoms with Crippen LogP contribution in [0.5, 0.6) is 5.75 Å². The Morgan fingerprint density at radius 2 is 2.32 bits per heavy atom. The second-order valence-electron chi connectivity index (χ2n) is 4.68. The van der Waals surface area contributed by atoms with Crippen molar-refractivity contribution in [3.8, 4) is 5.75 Å². The third-order valence-electron chi connectivity index (χ3n) is 3.13. The molecular formula is C13H21BrN2O3. The first-order chi connectivity index (χ1) is 9.24. The van der Waals surface area contributed by atoms with Crippen molar-refractivity contribution in [2.24, 2.45) is 0 Å². The number of alkyl halides is 1. The minimum atomic E-state index is 0.0877. The molecule has 0 amide bonds. The maximum absolute atomic E-state index is 5.91. The van der Waals surface area contributed by atoms with Crippen molar-refractivity contribution in [1.29, 1.82) is 0 Å². The summed E-state index contributed by atoms with van der Waals surface area (Å²) in [5, 5.41) is 4.26. The lowest BCUT2D eigenvalue weighted by molar-refractivity contribution is -0.0865. The lowest BCUT2D eigenvalue weighted by Gasteiger charge is -2.40. The summed E-state index contributed by atoms with van der Waals surface area (Å²) < 4.78 is 18.5. The van der Waals surface area contributed by atoms with Crippen LogP contribution in [0.15, 0.2) is 12.4 Å². The molecule has 5 nitrogen and oxygen atoms in total. The Hall–Kier alpha value is -0.590. The zero-order valence-electron chi connectivity index (χ0n) is 11.4. The SMILES string of the molecule is CCCn1cc(OC2CC(Br)C2OCCOC)cn1. The summed E-state index contributed by atoms with van der Waals surface area (Å²) in [6, 6.07) is 0. The van der Waals surface area contributed by atoms with Crippen LogP contribution < -0.4 is 4.74 Å². The monoisotopic (exact) mass is 332 g/mol. The van der Waals surface area contributed by atoms with Crippen LogP contribution >= 0.6 is 15.9 Å². The van der Waals surface area contributed by atoms with Gasteiger partial charge in [0.15, 0.2) is 5.75 Å². The van der Waals surface area contributed by atoms with E-state index in [0.29, 0.717) is 18.0 Å². The molecule has 1 aromatic rings. The van der Waals surface area contributed by atoms with Crippen molar-refractivity contribution < 1.29 is 14.2 Å². The molecule has 1 aromatic heterocycles. The maximum atomic E-state index is 5.91. The van der Waals surface area contributed by atoms with Gasteiger partial charge in [-0.25, -0.2) is 0 Å². The van der Waals surface area contributed by atoms with Gasteiger partial charge in [0.1, 0.15) is 12.2 Å². The lowest BCUT2D eigenvalue weighted by Crippen LogP contribution is -2.52. The van der Waals surface area contributed by atoms with E-state index in [1.165, 1.54) is 0 Å². The van der Waals surface area contributed by atoms with Crippen LogP contribution in [0.3, 0.4) is 0 Å². The molecule has 3 unspecified atom stereocenters. The quantitative estimate of drug-likeness (QED) is 0.541. The summed E-state index contributed by atoms with van der Waals surface area (Å²) in [6.07, 6.45) is 5.92. The minimum absolute atomic E-state index is 0.0877. The van der Waals surface area contributed by atoms with Crippen molar-refractivity contribution in [2.45, 2.75) is 43.3 Å². The number of halogens is 1. The van der Waals surface area contributed by atoms with E-state index in [1.807, 2.05) is 10.9 Å². The number of hydrogen-bond donors (Lipinski definition) is 0. The first-order valence-corrected chi connectivity index (χ1v) is 7.60. The molecule has 0 radical (unpaired) electrons. The highest BCUT2D eigenvalue weighted by Crippen LogP contribution is 2.34. The molecule has 0 bridgehead atoms. The zero-order chi connectivity index (χ0) is 13.7. The van der Waals surface area contributed by atoms with E-state index in [2.05, 4.69) is 28.0 Å². The molecule has 108 valence electrons. The van der Waals surface area contributed by atoms with Crippen LogP contribution in [0.1, 0.15) is 19.8 Å². The predicted molar refractivity (Wildman–Crippen MR) is 75.9 cm³/mol. The highest BCUT2D eigenvalue weighted by Gasteiger charge is 2.42. The van der Waals surface area contributed by atoms with Gasteiger partial charge in [-0.15, -0.1) is 0 Å². The topological polar surface area (TPSA) is 45.5 Å². The van der Waals surface area contributed by atoms with E-state index in [9.17, 15) is 0 Å². The Morgan fingerprint density at radius 1 is 1.47 bits per heavy atom. The van der Waals surface area contributed by atoms with Gasteiger partial charge < -0.3 is 14.2 Å². The second kappa shape index (κ2) is 7.26. The van der Waals surface area contributed by atoms with Crippen LogP contribution in [-0.2, 0) is 16.0 Å². The fourth-order valence-corrected chi connectivity index (χ4v) is 2.91. The van der Waals surface area contributed by atoms with Crippen LogP contribution in [-0.4, -0.2) is 47.1 Å². The largest absolute Gasteiger partial charge is 0.484 e. The fraction of sp³-hybridized carbons (Fsp3) is 0.769. The van der Waals surface area contributed by atoms with Crippen molar-refractivity contribution in [3.05, 3.63) is 12.4 Å². The molecule has 3 atom stereocenters. The Balaban J connectivity index is 1.80. The molecule has 0 N–H and O–H groups in total. The van der Waals surface area contributed by atoms with E-state index in [4.69, 9.17) is 14.2 Å². The number of methoxy groups -OCH3 is 1. The molecule has 1 aliphatic rings. The molecule has 1 fully saturated rings. The van der Waals surface area contributed by atoms with Gasteiger partial charge in [0.25, 0.3) is 0 Å². The number of ether oxygens (including phenoxy) is 3. The van der Waals surface area contributed by atoms with Gasteiger partial charge >= 0.3 is 0 Å². The Bertz CT molecular complexity index is 386. The number of rotatable bonds is 8. The molecule has 2 rings (SSSR count). The van der Waals surface area contributed by atoms with Crippen molar-refractivity contribution in [3.63, 3.8) is 0 Å². The molecule has 1 aliphatic carbocycles. The standard InChI is InChI=1S/C13H21BrN2O3/c1-3-4-16-9-10(8-15-16)19-12-7-11(14)13(12)18-6-5-17-2/h8-9,11-13H,3-7H2,1-2H3. The lowest BCUT2D eigenvalue weighted by atomic mass is 9.91. The average Bonchev–Trinajstić information content (AvgIpc) is 2.82. The highest BCUT2D eigenvalue weighted by atomic mass is 79.9. The van der Waals surface area contributed by atoms with E-state index in [1.54, 1.807) is 13.3 Å². The normalized spacial score (nSPS) is 26.2. The molecule has 0 aromatic carbocycles. The van der Waals surface area contributed by atoms with Crippen LogP contribution in [0.25, 0.3) is 0 Å². The summed E-state index contributed by atoms with van der Waals surface area (Å²) in [4.78, 5) is 0.361. The highest BCUT2D eigenvalue weighted by molar-refractivity contribution is 9.09. The summed E-state index contributed by atoms with van der Waals surface area (Å²) in [5.74, 6) is 0.818. The molecule has 19 heavy (non-hydrogen) atoms. The minimum Gasteiger partial charge on any atom is -0.484 e. The van der Waals surface area contributed by atoms with E-state index >= 15 is 0 Å². The van der Waals surface area contributed by atoms with E-state index in [-0.39, 0.29) is 12.2 Å². The van der Waals surface area contributed by atoms with E-state index in [0.717, 1.165) is 25.1 Å². The number of aryl methyl sites for hydroxylation is 1. The van der Waals surface area contributed by atoms with Crippen molar-refractivity contribution in [1.82, 2.24) is 9.78 Å². The number of hydrogen-bond acceptors (Lipinski definition) is 4. The van der Waals surface area contributed by atoms with E-state index < -0.39 is 0 Å². The van der Waals surface area contributed by atoms with Crippen molar-refractivity contribution >= 4 is 15.9 Å². The van der Waals surface area contributed by atoms with Gasteiger partial charge in [0.2, 0.25) is 0 Å². The third-order valence-corrected chi connectivity index (χ3v) is 4.02. The predicted octanol–water partition coefficient (Wildman–Crippen LogP) is 2.24. The van der Waals surface area contributed by atoms with Gasteiger partial charge in [-0.1, -0.05) is 22.9 Å². The van der Waals surface area contributed by atoms with Crippen LogP contribution in [0.2, 0.25) is 0 Å². The van der Waals surface area contributed by atoms with Crippen LogP contribution in [0.4, 0.5) is 0 Å². The van der Waals surface area contributed by atoms with Gasteiger partial charge in [-0.3, -0.25) is 4.68 Å².